The van der Waals surface area contributed by atoms with Crippen LogP contribution in [0.5, 0.6) is 11.5 Å². The summed E-state index contributed by atoms with van der Waals surface area (Å²) in [5.74, 6) is 0.905. The monoisotopic (exact) mass is 442 g/mol. The van der Waals surface area contributed by atoms with Crippen LogP contribution < -0.4 is 16.2 Å². The van der Waals surface area contributed by atoms with E-state index >= 15 is 0 Å². The SMILES string of the molecule is Nc1ccc(-c2ccccc2Oc2ccccc2-c2ccc(N)c([N+](=O)[O-])c2)cc1[N+](=O)[O-]. The van der Waals surface area contributed by atoms with Crippen LogP contribution in [0.1, 0.15) is 0 Å². The first-order valence-corrected chi connectivity index (χ1v) is 9.79. The Balaban J connectivity index is 1.78. The summed E-state index contributed by atoms with van der Waals surface area (Å²) >= 11 is 0. The number of anilines is 2. The van der Waals surface area contributed by atoms with Crippen LogP contribution in [0.4, 0.5) is 22.7 Å². The van der Waals surface area contributed by atoms with Crippen LogP contribution in [0.25, 0.3) is 22.3 Å². The van der Waals surface area contributed by atoms with Crippen LogP contribution in [0.15, 0.2) is 84.9 Å². The molecule has 0 aliphatic rings. The number of hydrogen-bond acceptors (Lipinski definition) is 7. The molecule has 0 aromatic heterocycles. The smallest absolute Gasteiger partial charge is 0.292 e. The summed E-state index contributed by atoms with van der Waals surface area (Å²) in [5.41, 5.74) is 13.6. The highest BCUT2D eigenvalue weighted by Crippen LogP contribution is 2.40. The van der Waals surface area contributed by atoms with Crippen molar-refractivity contribution in [2.45, 2.75) is 0 Å². The highest BCUT2D eigenvalue weighted by molar-refractivity contribution is 5.79. The Morgan fingerprint density at radius 3 is 1.39 bits per heavy atom. The molecule has 0 spiro atoms. The molecule has 4 rings (SSSR count). The number of nitro benzene ring substituents is 2. The van der Waals surface area contributed by atoms with Gasteiger partial charge in [0.1, 0.15) is 22.9 Å². The van der Waals surface area contributed by atoms with Gasteiger partial charge >= 0.3 is 0 Å². The second-order valence-corrected chi connectivity index (χ2v) is 7.16. The molecule has 4 N–H and O–H groups in total. The summed E-state index contributed by atoms with van der Waals surface area (Å²) in [6, 6.07) is 23.3. The minimum absolute atomic E-state index is 0.0671. The minimum atomic E-state index is -0.536. The summed E-state index contributed by atoms with van der Waals surface area (Å²) in [4.78, 5) is 21.6. The van der Waals surface area contributed by atoms with Crippen molar-refractivity contribution in [1.82, 2.24) is 0 Å². The van der Waals surface area contributed by atoms with Gasteiger partial charge in [0.25, 0.3) is 11.4 Å². The van der Waals surface area contributed by atoms with Gasteiger partial charge in [0.05, 0.1) is 9.85 Å². The molecule has 4 aromatic rings. The van der Waals surface area contributed by atoms with E-state index in [1.165, 1.54) is 24.3 Å². The first kappa shape index (κ1) is 21.3. The number of nitrogens with two attached hydrogens (primary N) is 2. The lowest BCUT2D eigenvalue weighted by molar-refractivity contribution is -0.384. The Kier molecular flexibility index (Phi) is 5.60. The normalized spacial score (nSPS) is 10.5. The average Bonchev–Trinajstić information content (AvgIpc) is 2.80. The maximum atomic E-state index is 11.3. The van der Waals surface area contributed by atoms with Crippen LogP contribution >= 0.6 is 0 Å². The maximum absolute atomic E-state index is 11.3. The zero-order valence-electron chi connectivity index (χ0n) is 17.2. The van der Waals surface area contributed by atoms with Gasteiger partial charge in [-0.05, 0) is 35.4 Å². The summed E-state index contributed by atoms with van der Waals surface area (Å²) in [7, 11) is 0. The molecule has 0 aliphatic heterocycles. The van der Waals surface area contributed by atoms with Crippen LogP contribution in [0.3, 0.4) is 0 Å². The van der Waals surface area contributed by atoms with Crippen molar-refractivity contribution in [3.05, 3.63) is 105 Å². The molecular formula is C24H18N4O5. The number of rotatable bonds is 6. The van der Waals surface area contributed by atoms with Crippen molar-refractivity contribution in [3.63, 3.8) is 0 Å². The maximum Gasteiger partial charge on any atom is 0.292 e. The molecule has 0 radical (unpaired) electrons. The lowest BCUT2D eigenvalue weighted by Crippen LogP contribution is -1.97. The van der Waals surface area contributed by atoms with E-state index in [-0.39, 0.29) is 22.7 Å². The Morgan fingerprint density at radius 1 is 0.606 bits per heavy atom. The molecule has 9 heteroatoms. The predicted octanol–water partition coefficient (Wildman–Crippen LogP) is 5.79. The second kappa shape index (κ2) is 8.67. The van der Waals surface area contributed by atoms with Crippen molar-refractivity contribution in [2.24, 2.45) is 0 Å². The van der Waals surface area contributed by atoms with E-state index in [4.69, 9.17) is 16.2 Å². The van der Waals surface area contributed by atoms with Crippen molar-refractivity contribution in [2.75, 3.05) is 11.5 Å². The van der Waals surface area contributed by atoms with E-state index in [0.29, 0.717) is 33.8 Å². The van der Waals surface area contributed by atoms with Crippen LogP contribution in [0, 0.1) is 20.2 Å². The van der Waals surface area contributed by atoms with Gasteiger partial charge < -0.3 is 16.2 Å². The van der Waals surface area contributed by atoms with Crippen LogP contribution in [-0.2, 0) is 0 Å². The summed E-state index contributed by atoms with van der Waals surface area (Å²) in [6.45, 7) is 0. The Labute approximate surface area is 188 Å². The van der Waals surface area contributed by atoms with Gasteiger partial charge in [-0.1, -0.05) is 48.5 Å². The molecule has 0 saturated heterocycles. The highest BCUT2D eigenvalue weighted by atomic mass is 16.6. The van der Waals surface area contributed by atoms with E-state index in [1.54, 1.807) is 60.7 Å². The molecule has 0 unspecified atom stereocenters. The van der Waals surface area contributed by atoms with E-state index in [0.717, 1.165) is 0 Å². The molecular weight excluding hydrogens is 424 g/mol. The first-order valence-electron chi connectivity index (χ1n) is 9.79. The van der Waals surface area contributed by atoms with E-state index < -0.39 is 9.85 Å². The third-order valence-electron chi connectivity index (χ3n) is 5.07. The highest BCUT2D eigenvalue weighted by Gasteiger charge is 2.18. The average molecular weight is 442 g/mol. The fraction of sp³-hybridized carbons (Fsp3) is 0. The number of nitrogens with zero attached hydrogens (tertiary/aromatic N) is 2. The molecule has 0 heterocycles. The summed E-state index contributed by atoms with van der Waals surface area (Å²) in [6.07, 6.45) is 0. The van der Waals surface area contributed by atoms with Gasteiger partial charge in [0, 0.05) is 23.3 Å². The number of nitrogen functional groups attached to an aromatic ring is 2. The number of ether oxygens (including phenoxy) is 1. The predicted molar refractivity (Wildman–Crippen MR) is 126 cm³/mol. The lowest BCUT2D eigenvalue weighted by atomic mass is 10.0. The second-order valence-electron chi connectivity index (χ2n) is 7.16. The molecule has 33 heavy (non-hydrogen) atoms. The number of nitro groups is 2. The van der Waals surface area contributed by atoms with Crippen molar-refractivity contribution in [3.8, 4) is 33.8 Å². The van der Waals surface area contributed by atoms with E-state index in [9.17, 15) is 20.2 Å². The Bertz CT molecular complexity index is 1280. The largest absolute Gasteiger partial charge is 0.456 e. The standard InChI is InChI=1S/C24H18N4O5/c25-19-11-9-15(13-21(19)27(29)30)17-5-1-3-7-23(17)33-24-8-4-2-6-18(24)16-10-12-20(26)22(14-16)28(31)32/h1-14H,25-26H2. The topological polar surface area (TPSA) is 148 Å². The first-order chi connectivity index (χ1) is 15.8. The zero-order valence-corrected chi connectivity index (χ0v) is 17.2. The fourth-order valence-electron chi connectivity index (χ4n) is 3.45. The summed E-state index contributed by atoms with van der Waals surface area (Å²) < 4.78 is 6.21. The van der Waals surface area contributed by atoms with Crippen molar-refractivity contribution >= 4 is 22.7 Å². The molecule has 4 aromatic carbocycles. The molecule has 0 fully saturated rings. The van der Waals surface area contributed by atoms with Gasteiger partial charge in [0.2, 0.25) is 0 Å². The molecule has 0 atom stereocenters. The molecule has 0 bridgehead atoms. The molecule has 0 saturated carbocycles. The Hall–Kier alpha value is -4.92. The minimum Gasteiger partial charge on any atom is -0.456 e. The summed E-state index contributed by atoms with van der Waals surface area (Å²) in [5, 5.41) is 22.6. The third-order valence-corrected chi connectivity index (χ3v) is 5.07. The van der Waals surface area contributed by atoms with Crippen LogP contribution in [0.2, 0.25) is 0 Å². The van der Waals surface area contributed by atoms with Gasteiger partial charge in [-0.3, -0.25) is 20.2 Å². The quantitative estimate of drug-likeness (QED) is 0.218. The lowest BCUT2D eigenvalue weighted by Gasteiger charge is -2.15. The molecule has 9 nitrogen and oxygen atoms in total. The van der Waals surface area contributed by atoms with Gasteiger partial charge in [0.15, 0.2) is 0 Å². The fourth-order valence-corrected chi connectivity index (χ4v) is 3.45. The van der Waals surface area contributed by atoms with Crippen LogP contribution in [-0.4, -0.2) is 9.85 Å². The number of para-hydroxylation sites is 2. The zero-order chi connectivity index (χ0) is 23.5. The number of benzene rings is 4. The van der Waals surface area contributed by atoms with E-state index in [1.807, 2.05) is 0 Å². The molecule has 0 amide bonds. The number of hydrogen-bond donors (Lipinski definition) is 2. The van der Waals surface area contributed by atoms with Crippen molar-refractivity contribution < 1.29 is 14.6 Å². The molecule has 164 valence electrons. The van der Waals surface area contributed by atoms with E-state index in [2.05, 4.69) is 0 Å². The third kappa shape index (κ3) is 4.28. The van der Waals surface area contributed by atoms with Gasteiger partial charge in [-0.25, -0.2) is 0 Å². The Morgan fingerprint density at radius 2 is 1.00 bits per heavy atom. The van der Waals surface area contributed by atoms with Gasteiger partial charge in [-0.2, -0.15) is 0 Å². The molecule has 0 aliphatic carbocycles. The van der Waals surface area contributed by atoms with Gasteiger partial charge in [-0.15, -0.1) is 0 Å². The van der Waals surface area contributed by atoms with Crippen molar-refractivity contribution in [1.29, 1.82) is 0 Å².